The predicted octanol–water partition coefficient (Wildman–Crippen LogP) is 2.31. The number of ether oxygens (including phenoxy) is 3. The Morgan fingerprint density at radius 2 is 1.86 bits per heavy atom. The van der Waals surface area contributed by atoms with E-state index in [9.17, 15) is 4.79 Å². The second-order valence-electron chi connectivity index (χ2n) is 4.56. The number of amides is 1. The minimum absolute atomic E-state index is 0.0106. The van der Waals surface area contributed by atoms with Gasteiger partial charge in [-0.2, -0.15) is 0 Å². The summed E-state index contributed by atoms with van der Waals surface area (Å²) in [5.74, 6) is 1.14. The third-order valence-corrected chi connectivity index (χ3v) is 3.28. The van der Waals surface area contributed by atoms with Crippen molar-refractivity contribution in [1.29, 1.82) is 0 Å². The molecule has 0 aliphatic rings. The maximum absolute atomic E-state index is 11.7. The monoisotopic (exact) mass is 330 g/mol. The topological polar surface area (TPSA) is 68.8 Å². The van der Waals surface area contributed by atoms with Gasteiger partial charge in [0.15, 0.2) is 0 Å². The third kappa shape index (κ3) is 5.99. The molecule has 0 saturated heterocycles. The van der Waals surface area contributed by atoms with Crippen LogP contribution in [0.4, 0.5) is 5.69 Å². The van der Waals surface area contributed by atoms with E-state index in [0.29, 0.717) is 42.6 Å². The number of hydrogen-bond acceptors (Lipinski definition) is 5. The number of methoxy groups -OCH3 is 3. The highest BCUT2D eigenvalue weighted by molar-refractivity contribution is 6.32. The molecular weight excluding hydrogens is 308 g/mol. The molecule has 7 heteroatoms. The Morgan fingerprint density at radius 3 is 2.50 bits per heavy atom. The molecule has 1 aromatic carbocycles. The number of rotatable bonds is 10. The van der Waals surface area contributed by atoms with Crippen molar-refractivity contribution in [1.82, 2.24) is 5.32 Å². The van der Waals surface area contributed by atoms with Crippen LogP contribution in [0.3, 0.4) is 0 Å². The highest BCUT2D eigenvalue weighted by Gasteiger charge is 2.10. The minimum atomic E-state index is -0.0106. The van der Waals surface area contributed by atoms with Crippen LogP contribution in [0, 0.1) is 0 Å². The molecule has 0 aliphatic heterocycles. The van der Waals surface area contributed by atoms with E-state index >= 15 is 0 Å². The van der Waals surface area contributed by atoms with Crippen molar-refractivity contribution in [3.63, 3.8) is 0 Å². The number of benzene rings is 1. The molecule has 124 valence electrons. The summed E-state index contributed by atoms with van der Waals surface area (Å²) >= 11 is 6.04. The number of halogens is 1. The van der Waals surface area contributed by atoms with Crippen LogP contribution in [0.1, 0.15) is 12.8 Å². The molecule has 0 radical (unpaired) electrons. The van der Waals surface area contributed by atoms with Crippen LogP contribution in [0.15, 0.2) is 12.1 Å². The zero-order chi connectivity index (χ0) is 16.4. The Hall–Kier alpha value is -1.66. The maximum Gasteiger partial charge on any atom is 0.221 e. The third-order valence-electron chi connectivity index (χ3n) is 2.99. The first kappa shape index (κ1) is 18.4. The summed E-state index contributed by atoms with van der Waals surface area (Å²) in [6.07, 6.45) is 1.17. The molecule has 0 saturated carbocycles. The number of hydrogen-bond donors (Lipinski definition) is 2. The van der Waals surface area contributed by atoms with Crippen LogP contribution in [-0.2, 0) is 9.53 Å². The quantitative estimate of drug-likeness (QED) is 0.644. The van der Waals surface area contributed by atoms with E-state index in [-0.39, 0.29) is 5.91 Å². The van der Waals surface area contributed by atoms with Crippen LogP contribution in [0.5, 0.6) is 11.5 Å². The van der Waals surface area contributed by atoms with E-state index in [1.165, 1.54) is 0 Å². The molecule has 0 heterocycles. The van der Waals surface area contributed by atoms with Gasteiger partial charge >= 0.3 is 0 Å². The summed E-state index contributed by atoms with van der Waals surface area (Å²) in [6, 6.07) is 3.42. The average molecular weight is 331 g/mol. The second-order valence-corrected chi connectivity index (χ2v) is 4.97. The highest BCUT2D eigenvalue weighted by atomic mass is 35.5. The molecular formula is C15H23ClN2O4. The predicted molar refractivity (Wildman–Crippen MR) is 87.2 cm³/mol. The number of carbonyl (C=O) groups is 1. The van der Waals surface area contributed by atoms with Crippen LogP contribution in [0.25, 0.3) is 0 Å². The summed E-state index contributed by atoms with van der Waals surface area (Å²) in [5, 5.41) is 6.45. The SMILES string of the molecule is COCCCNC(=O)CCNc1cc(OC)c(Cl)cc1OC. The van der Waals surface area contributed by atoms with E-state index in [2.05, 4.69) is 10.6 Å². The Labute approximate surface area is 136 Å². The lowest BCUT2D eigenvalue weighted by Crippen LogP contribution is -2.26. The van der Waals surface area contributed by atoms with Gasteiger partial charge in [0.05, 0.1) is 24.9 Å². The zero-order valence-electron chi connectivity index (χ0n) is 13.2. The molecule has 6 nitrogen and oxygen atoms in total. The van der Waals surface area contributed by atoms with Crippen molar-refractivity contribution < 1.29 is 19.0 Å². The van der Waals surface area contributed by atoms with E-state index in [0.717, 1.165) is 12.1 Å². The lowest BCUT2D eigenvalue weighted by molar-refractivity contribution is -0.120. The molecule has 0 atom stereocenters. The van der Waals surface area contributed by atoms with Gasteiger partial charge in [-0.3, -0.25) is 4.79 Å². The van der Waals surface area contributed by atoms with E-state index in [4.69, 9.17) is 25.8 Å². The van der Waals surface area contributed by atoms with Gasteiger partial charge in [0.25, 0.3) is 0 Å². The van der Waals surface area contributed by atoms with E-state index in [1.807, 2.05) is 0 Å². The van der Waals surface area contributed by atoms with Gasteiger partial charge in [-0.25, -0.2) is 0 Å². The van der Waals surface area contributed by atoms with Gasteiger partial charge in [0.2, 0.25) is 5.91 Å². The molecule has 0 bridgehead atoms. The van der Waals surface area contributed by atoms with Gasteiger partial charge in [-0.05, 0) is 6.42 Å². The van der Waals surface area contributed by atoms with E-state index in [1.54, 1.807) is 33.5 Å². The molecule has 0 spiro atoms. The smallest absolute Gasteiger partial charge is 0.221 e. The zero-order valence-corrected chi connectivity index (χ0v) is 14.0. The van der Waals surface area contributed by atoms with E-state index < -0.39 is 0 Å². The largest absolute Gasteiger partial charge is 0.495 e. The van der Waals surface area contributed by atoms with Crippen molar-refractivity contribution >= 4 is 23.2 Å². The Balaban J connectivity index is 2.45. The molecule has 2 N–H and O–H groups in total. The minimum Gasteiger partial charge on any atom is -0.495 e. The number of carbonyl (C=O) groups excluding carboxylic acids is 1. The summed E-state index contributed by atoms with van der Waals surface area (Å²) in [7, 11) is 4.75. The van der Waals surface area contributed by atoms with Crippen LogP contribution in [-0.4, -0.2) is 46.9 Å². The van der Waals surface area contributed by atoms with Crippen molar-refractivity contribution in [2.45, 2.75) is 12.8 Å². The summed E-state index contributed by atoms with van der Waals surface area (Å²) in [6.45, 7) is 1.74. The fourth-order valence-electron chi connectivity index (χ4n) is 1.84. The summed E-state index contributed by atoms with van der Waals surface area (Å²) < 4.78 is 15.3. The van der Waals surface area contributed by atoms with Crippen molar-refractivity contribution in [2.24, 2.45) is 0 Å². The van der Waals surface area contributed by atoms with Gasteiger partial charge in [0, 0.05) is 45.4 Å². The molecule has 0 unspecified atom stereocenters. The second kappa shape index (κ2) is 10.1. The Bertz CT molecular complexity index is 483. The first-order valence-corrected chi connectivity index (χ1v) is 7.41. The van der Waals surface area contributed by atoms with Gasteiger partial charge in [-0.15, -0.1) is 0 Å². The summed E-state index contributed by atoms with van der Waals surface area (Å²) in [5.41, 5.74) is 0.732. The average Bonchev–Trinajstić information content (AvgIpc) is 2.52. The van der Waals surface area contributed by atoms with Gasteiger partial charge in [-0.1, -0.05) is 11.6 Å². The molecule has 22 heavy (non-hydrogen) atoms. The van der Waals surface area contributed by atoms with Crippen molar-refractivity contribution in [3.05, 3.63) is 17.2 Å². The fourth-order valence-corrected chi connectivity index (χ4v) is 2.07. The van der Waals surface area contributed by atoms with Crippen LogP contribution in [0.2, 0.25) is 5.02 Å². The molecule has 0 aromatic heterocycles. The van der Waals surface area contributed by atoms with Crippen molar-refractivity contribution in [3.8, 4) is 11.5 Å². The number of anilines is 1. The maximum atomic E-state index is 11.7. The standard InChI is InChI=1S/C15H23ClN2O4/c1-20-8-4-6-18-15(19)5-7-17-12-10-13(21-2)11(16)9-14(12)22-3/h9-10,17H,4-8H2,1-3H3,(H,18,19). The normalized spacial score (nSPS) is 10.2. The molecule has 1 aromatic rings. The van der Waals surface area contributed by atoms with Gasteiger partial charge < -0.3 is 24.8 Å². The van der Waals surface area contributed by atoms with Crippen LogP contribution < -0.4 is 20.1 Å². The number of nitrogens with one attached hydrogen (secondary N) is 2. The Kier molecular flexibility index (Phi) is 8.47. The highest BCUT2D eigenvalue weighted by Crippen LogP contribution is 2.35. The first-order valence-electron chi connectivity index (χ1n) is 7.03. The molecule has 1 amide bonds. The first-order chi connectivity index (χ1) is 10.6. The molecule has 0 fully saturated rings. The lowest BCUT2D eigenvalue weighted by Gasteiger charge is -2.14. The van der Waals surface area contributed by atoms with Gasteiger partial charge in [0.1, 0.15) is 11.5 Å². The fraction of sp³-hybridized carbons (Fsp3) is 0.533. The van der Waals surface area contributed by atoms with Crippen molar-refractivity contribution in [2.75, 3.05) is 46.3 Å². The van der Waals surface area contributed by atoms with Crippen LogP contribution >= 0.6 is 11.6 Å². The Morgan fingerprint density at radius 1 is 1.14 bits per heavy atom. The molecule has 1 rings (SSSR count). The summed E-state index contributed by atoms with van der Waals surface area (Å²) in [4.78, 5) is 11.7. The lowest BCUT2D eigenvalue weighted by atomic mass is 10.2. The molecule has 0 aliphatic carbocycles.